The number of amides is 1. The average Bonchev–Trinajstić information content (AvgIpc) is 3.01. The van der Waals surface area contributed by atoms with Crippen molar-refractivity contribution in [3.63, 3.8) is 0 Å². The van der Waals surface area contributed by atoms with E-state index in [9.17, 15) is 13.2 Å². The van der Waals surface area contributed by atoms with Crippen molar-refractivity contribution in [2.75, 3.05) is 6.26 Å². The molecule has 3 N–H and O–H groups in total. The zero-order valence-electron chi connectivity index (χ0n) is 12.4. The first kappa shape index (κ1) is 17.2. The fourth-order valence-electron chi connectivity index (χ4n) is 1.76. The highest BCUT2D eigenvalue weighted by molar-refractivity contribution is 7.85. The molecule has 2 aromatic rings. The van der Waals surface area contributed by atoms with Crippen molar-refractivity contribution in [1.29, 1.82) is 5.26 Å². The van der Waals surface area contributed by atoms with Gasteiger partial charge in [0.1, 0.15) is 6.07 Å². The number of hydroxylamine groups is 1. The van der Waals surface area contributed by atoms with Crippen LogP contribution in [0.2, 0.25) is 0 Å². The first-order valence-electron chi connectivity index (χ1n) is 6.41. The average molecular weight is 348 g/mol. The van der Waals surface area contributed by atoms with E-state index in [0.717, 1.165) is 6.26 Å². The van der Waals surface area contributed by atoms with Gasteiger partial charge in [0.15, 0.2) is 0 Å². The number of hydrogen-bond donors (Lipinski definition) is 2. The molecule has 10 heteroatoms. The van der Waals surface area contributed by atoms with Crippen LogP contribution in [0.15, 0.2) is 46.0 Å². The number of guanidine groups is 1. The maximum absolute atomic E-state index is 12.1. The number of hydrogen-bond acceptors (Lipinski definition) is 6. The van der Waals surface area contributed by atoms with Crippen molar-refractivity contribution < 1.29 is 21.9 Å². The number of benzene rings is 1. The lowest BCUT2D eigenvalue weighted by Crippen LogP contribution is -2.34. The van der Waals surface area contributed by atoms with E-state index in [-0.39, 0.29) is 11.3 Å². The van der Waals surface area contributed by atoms with E-state index in [1.165, 1.54) is 18.4 Å². The summed E-state index contributed by atoms with van der Waals surface area (Å²) >= 11 is 0. The lowest BCUT2D eigenvalue weighted by Gasteiger charge is -2.04. The Labute approximate surface area is 137 Å². The van der Waals surface area contributed by atoms with Gasteiger partial charge in [-0.15, -0.1) is 4.28 Å². The van der Waals surface area contributed by atoms with Crippen LogP contribution in [0, 0.1) is 11.3 Å². The molecule has 0 unspecified atom stereocenters. The molecule has 0 aliphatic heterocycles. The summed E-state index contributed by atoms with van der Waals surface area (Å²) < 4.78 is 30.9. The Kier molecular flexibility index (Phi) is 4.98. The van der Waals surface area contributed by atoms with E-state index in [1.54, 1.807) is 18.2 Å². The number of nitrogens with one attached hydrogen (secondary N) is 1. The monoisotopic (exact) mass is 348 g/mol. The van der Waals surface area contributed by atoms with Gasteiger partial charge in [0.05, 0.1) is 12.5 Å². The van der Waals surface area contributed by atoms with Crippen molar-refractivity contribution in [1.82, 2.24) is 5.48 Å². The minimum absolute atomic E-state index is 0.117. The van der Waals surface area contributed by atoms with Gasteiger partial charge in [0.2, 0.25) is 11.7 Å². The predicted octanol–water partition coefficient (Wildman–Crippen LogP) is 0.754. The Bertz CT molecular complexity index is 940. The van der Waals surface area contributed by atoms with Crippen molar-refractivity contribution in [2.24, 2.45) is 10.7 Å². The first-order chi connectivity index (χ1) is 11.3. The molecule has 1 amide bonds. The van der Waals surface area contributed by atoms with E-state index in [1.807, 2.05) is 11.5 Å². The molecule has 0 spiro atoms. The van der Waals surface area contributed by atoms with Crippen LogP contribution in [0.3, 0.4) is 0 Å². The highest BCUT2D eigenvalue weighted by Crippen LogP contribution is 2.25. The summed E-state index contributed by atoms with van der Waals surface area (Å²) in [6.07, 6.45) is 2.17. The molecule has 0 fully saturated rings. The molecule has 0 saturated heterocycles. The van der Waals surface area contributed by atoms with Crippen LogP contribution in [-0.2, 0) is 14.4 Å². The van der Waals surface area contributed by atoms with Gasteiger partial charge < -0.3 is 10.2 Å². The second-order valence-electron chi connectivity index (χ2n) is 4.55. The van der Waals surface area contributed by atoms with Gasteiger partial charge >= 0.3 is 0 Å². The highest BCUT2D eigenvalue weighted by Gasteiger charge is 2.12. The van der Waals surface area contributed by atoms with Crippen LogP contribution in [0.1, 0.15) is 16.1 Å². The second kappa shape index (κ2) is 6.95. The van der Waals surface area contributed by atoms with Crippen LogP contribution < -0.4 is 11.2 Å². The minimum atomic E-state index is -3.79. The van der Waals surface area contributed by atoms with E-state index in [2.05, 4.69) is 9.28 Å². The van der Waals surface area contributed by atoms with E-state index in [0.29, 0.717) is 11.1 Å². The lowest BCUT2D eigenvalue weighted by molar-refractivity contribution is 0.100. The summed E-state index contributed by atoms with van der Waals surface area (Å²) in [5, 5.41) is 8.97. The number of furan rings is 1. The van der Waals surface area contributed by atoms with Crippen LogP contribution in [0.5, 0.6) is 0 Å². The smallest absolute Gasteiger partial charge is 0.285 e. The standard InChI is InChI=1S/C14H12N4O5S/c1-24(20,21)23-18-14(16)17-13(19)10-4-2-3-9(7-10)11-5-6-22-12(11)8-15/h2-7H,1H3,(H3,16,17,18,19). The predicted molar refractivity (Wildman–Crippen MR) is 83.9 cm³/mol. The molecule has 1 aromatic carbocycles. The summed E-state index contributed by atoms with van der Waals surface area (Å²) in [4.78, 5) is 15.5. The Morgan fingerprint density at radius 3 is 2.83 bits per heavy atom. The molecule has 24 heavy (non-hydrogen) atoms. The number of aliphatic imine (C=N–C) groups is 1. The molecule has 124 valence electrons. The number of rotatable bonds is 4. The number of carbonyl (C=O) groups excluding carboxylic acids is 1. The van der Waals surface area contributed by atoms with Crippen molar-refractivity contribution in [2.45, 2.75) is 0 Å². The Morgan fingerprint density at radius 2 is 2.17 bits per heavy atom. The summed E-state index contributed by atoms with van der Waals surface area (Å²) in [7, 11) is -3.79. The summed E-state index contributed by atoms with van der Waals surface area (Å²) in [6.45, 7) is 0. The molecular weight excluding hydrogens is 336 g/mol. The molecule has 2 rings (SSSR count). The molecule has 9 nitrogen and oxygen atoms in total. The zero-order chi connectivity index (χ0) is 17.7. The molecule has 0 saturated carbocycles. The molecule has 0 aliphatic carbocycles. The fourth-order valence-corrected chi connectivity index (χ4v) is 1.99. The fraction of sp³-hybridized carbons (Fsp3) is 0.0714. The van der Waals surface area contributed by atoms with Gasteiger partial charge in [0, 0.05) is 11.1 Å². The van der Waals surface area contributed by atoms with Crippen LogP contribution >= 0.6 is 0 Å². The van der Waals surface area contributed by atoms with Gasteiger partial charge in [-0.05, 0) is 23.8 Å². The van der Waals surface area contributed by atoms with Gasteiger partial charge in [-0.25, -0.2) is 5.48 Å². The van der Waals surface area contributed by atoms with Crippen molar-refractivity contribution in [3.8, 4) is 17.2 Å². The van der Waals surface area contributed by atoms with E-state index < -0.39 is 22.0 Å². The van der Waals surface area contributed by atoms with Crippen LogP contribution in [-0.4, -0.2) is 26.5 Å². The Hall–Kier alpha value is -3.16. The van der Waals surface area contributed by atoms with E-state index >= 15 is 0 Å². The van der Waals surface area contributed by atoms with Crippen molar-refractivity contribution in [3.05, 3.63) is 47.9 Å². The molecule has 0 bridgehead atoms. The summed E-state index contributed by atoms with van der Waals surface area (Å²) in [5.74, 6) is -1.12. The lowest BCUT2D eigenvalue weighted by atomic mass is 10.0. The maximum Gasteiger partial charge on any atom is 0.285 e. The van der Waals surface area contributed by atoms with E-state index in [4.69, 9.17) is 15.4 Å². The minimum Gasteiger partial charge on any atom is -0.453 e. The third-order valence-electron chi connectivity index (χ3n) is 2.71. The highest BCUT2D eigenvalue weighted by atomic mass is 32.2. The van der Waals surface area contributed by atoms with Crippen LogP contribution in [0.25, 0.3) is 11.1 Å². The SMILES string of the molecule is CS(=O)(=O)ONC(N)=NC(=O)c1cccc(-c2ccoc2C#N)c1. The van der Waals surface area contributed by atoms with Gasteiger partial charge in [-0.2, -0.15) is 18.7 Å². The number of nitrogens with zero attached hydrogens (tertiary/aromatic N) is 2. The first-order valence-corrected chi connectivity index (χ1v) is 8.23. The Morgan fingerprint density at radius 1 is 1.42 bits per heavy atom. The molecular formula is C14H12N4O5S. The quantitative estimate of drug-likeness (QED) is 0.467. The number of nitrogens with two attached hydrogens (primary N) is 1. The molecule has 0 radical (unpaired) electrons. The number of carbonyl (C=O) groups is 1. The Balaban J connectivity index is 2.22. The third kappa shape index (κ3) is 4.42. The van der Waals surface area contributed by atoms with Crippen molar-refractivity contribution >= 4 is 22.0 Å². The topological polar surface area (TPSA) is 148 Å². The zero-order valence-corrected chi connectivity index (χ0v) is 13.2. The summed E-state index contributed by atoms with van der Waals surface area (Å²) in [5.41, 5.74) is 8.51. The maximum atomic E-state index is 12.1. The second-order valence-corrected chi connectivity index (χ2v) is 6.12. The molecule has 0 atom stereocenters. The summed E-state index contributed by atoms with van der Waals surface area (Å²) in [6, 6.07) is 9.79. The van der Waals surface area contributed by atoms with Crippen LogP contribution in [0.4, 0.5) is 0 Å². The molecule has 1 heterocycles. The molecule has 0 aliphatic rings. The normalized spacial score (nSPS) is 11.8. The third-order valence-corrected chi connectivity index (χ3v) is 3.09. The van der Waals surface area contributed by atoms with Gasteiger partial charge in [0.25, 0.3) is 16.0 Å². The van der Waals surface area contributed by atoms with Gasteiger partial charge in [-0.3, -0.25) is 4.79 Å². The van der Waals surface area contributed by atoms with Gasteiger partial charge in [-0.1, -0.05) is 12.1 Å². The largest absolute Gasteiger partial charge is 0.453 e. The number of nitriles is 1. The molecule has 1 aromatic heterocycles.